The Labute approximate surface area is 110 Å². The third-order valence-corrected chi connectivity index (χ3v) is 2.56. The molecule has 6 heteroatoms. The molecule has 0 bridgehead atoms. The molecule has 0 amide bonds. The number of hydrogen-bond acceptors (Lipinski definition) is 4. The zero-order valence-electron chi connectivity index (χ0n) is 10.6. The Morgan fingerprint density at radius 2 is 1.89 bits per heavy atom. The van der Waals surface area contributed by atoms with Crippen LogP contribution >= 0.6 is 0 Å². The fourth-order valence-electron chi connectivity index (χ4n) is 1.59. The molecule has 1 atom stereocenters. The van der Waals surface area contributed by atoms with Crippen LogP contribution in [0.5, 0.6) is 0 Å². The lowest BCUT2D eigenvalue weighted by Crippen LogP contribution is -2.26. The first-order chi connectivity index (χ1) is 8.81. The maximum Gasteiger partial charge on any atom is 0.325 e. The number of aliphatic carboxylic acids is 2. The SMILES string of the molecule is CC(=O)c1cc(CC(=O)O)ccc1NC(C)C(=O)O. The molecule has 0 aliphatic heterocycles. The van der Waals surface area contributed by atoms with Gasteiger partial charge in [0.1, 0.15) is 6.04 Å². The second-order valence-electron chi connectivity index (χ2n) is 4.21. The van der Waals surface area contributed by atoms with Gasteiger partial charge in [0, 0.05) is 11.3 Å². The van der Waals surface area contributed by atoms with Crippen LogP contribution in [-0.4, -0.2) is 34.0 Å². The number of carbonyl (C=O) groups is 3. The van der Waals surface area contributed by atoms with Gasteiger partial charge in [0.15, 0.2) is 5.78 Å². The monoisotopic (exact) mass is 265 g/mol. The van der Waals surface area contributed by atoms with Gasteiger partial charge in [0.05, 0.1) is 6.42 Å². The molecular weight excluding hydrogens is 250 g/mol. The van der Waals surface area contributed by atoms with Gasteiger partial charge in [0.25, 0.3) is 0 Å². The lowest BCUT2D eigenvalue weighted by molar-refractivity contribution is -0.138. The smallest absolute Gasteiger partial charge is 0.325 e. The van der Waals surface area contributed by atoms with Gasteiger partial charge >= 0.3 is 11.9 Å². The van der Waals surface area contributed by atoms with E-state index in [1.165, 1.54) is 26.0 Å². The van der Waals surface area contributed by atoms with Crippen molar-refractivity contribution in [2.45, 2.75) is 26.3 Å². The van der Waals surface area contributed by atoms with Crippen molar-refractivity contribution < 1.29 is 24.6 Å². The van der Waals surface area contributed by atoms with Gasteiger partial charge in [-0.2, -0.15) is 0 Å². The Morgan fingerprint density at radius 3 is 2.37 bits per heavy atom. The zero-order chi connectivity index (χ0) is 14.6. The second kappa shape index (κ2) is 5.99. The van der Waals surface area contributed by atoms with E-state index in [0.29, 0.717) is 11.3 Å². The Balaban J connectivity index is 3.08. The molecule has 102 valence electrons. The molecular formula is C13H15NO5. The molecule has 0 aromatic heterocycles. The van der Waals surface area contributed by atoms with E-state index >= 15 is 0 Å². The number of carboxylic acids is 2. The third kappa shape index (κ3) is 4.09. The lowest BCUT2D eigenvalue weighted by Gasteiger charge is -2.14. The van der Waals surface area contributed by atoms with Crippen LogP contribution < -0.4 is 5.32 Å². The minimum Gasteiger partial charge on any atom is -0.481 e. The minimum atomic E-state index is -1.04. The van der Waals surface area contributed by atoms with Crippen LogP contribution in [0.25, 0.3) is 0 Å². The standard InChI is InChI=1S/C13H15NO5/c1-7(13(18)19)14-11-4-3-9(6-12(16)17)5-10(11)8(2)15/h3-5,7,14H,6H2,1-2H3,(H,16,17)(H,18,19). The van der Waals surface area contributed by atoms with Crippen molar-refractivity contribution in [3.05, 3.63) is 29.3 Å². The molecule has 19 heavy (non-hydrogen) atoms. The summed E-state index contributed by atoms with van der Waals surface area (Å²) in [5.74, 6) is -2.29. The Hall–Kier alpha value is -2.37. The average molecular weight is 265 g/mol. The summed E-state index contributed by atoms with van der Waals surface area (Å²) in [7, 11) is 0. The number of nitrogens with one attached hydrogen (secondary N) is 1. The van der Waals surface area contributed by atoms with Crippen LogP contribution in [0.1, 0.15) is 29.8 Å². The van der Waals surface area contributed by atoms with E-state index in [1.54, 1.807) is 6.07 Å². The summed E-state index contributed by atoms with van der Waals surface area (Å²) >= 11 is 0. The Kier molecular flexibility index (Phi) is 4.63. The number of anilines is 1. The molecule has 0 spiro atoms. The second-order valence-corrected chi connectivity index (χ2v) is 4.21. The van der Waals surface area contributed by atoms with Crippen LogP contribution in [0, 0.1) is 0 Å². The summed E-state index contributed by atoms with van der Waals surface area (Å²) < 4.78 is 0. The van der Waals surface area contributed by atoms with Gasteiger partial charge in [0.2, 0.25) is 0 Å². The third-order valence-electron chi connectivity index (χ3n) is 2.56. The van der Waals surface area contributed by atoms with Gasteiger partial charge in [-0.15, -0.1) is 0 Å². The fourth-order valence-corrected chi connectivity index (χ4v) is 1.59. The van der Waals surface area contributed by atoms with Crippen molar-refractivity contribution in [1.29, 1.82) is 0 Å². The van der Waals surface area contributed by atoms with Gasteiger partial charge in [-0.05, 0) is 31.5 Å². The number of rotatable bonds is 6. The highest BCUT2D eigenvalue weighted by molar-refractivity contribution is 6.00. The van der Waals surface area contributed by atoms with Crippen LogP contribution in [0.3, 0.4) is 0 Å². The molecule has 1 rings (SSSR count). The number of carboxylic acid groups (broad SMARTS) is 2. The van der Waals surface area contributed by atoms with E-state index in [1.807, 2.05) is 0 Å². The molecule has 0 fully saturated rings. The number of carbonyl (C=O) groups excluding carboxylic acids is 1. The highest BCUT2D eigenvalue weighted by atomic mass is 16.4. The summed E-state index contributed by atoms with van der Waals surface area (Å²) in [5, 5.41) is 20.2. The number of ketones is 1. The molecule has 0 saturated carbocycles. The first kappa shape index (κ1) is 14.7. The number of hydrogen-bond donors (Lipinski definition) is 3. The average Bonchev–Trinajstić information content (AvgIpc) is 2.29. The van der Waals surface area contributed by atoms with Crippen LogP contribution in [0.4, 0.5) is 5.69 Å². The van der Waals surface area contributed by atoms with E-state index in [9.17, 15) is 14.4 Å². The molecule has 0 aliphatic rings. The van der Waals surface area contributed by atoms with Gasteiger partial charge in [-0.1, -0.05) is 6.07 Å². The van der Waals surface area contributed by atoms with Gasteiger partial charge < -0.3 is 15.5 Å². The number of Topliss-reactive ketones (excluding diaryl/α,β-unsaturated/α-hetero) is 1. The zero-order valence-corrected chi connectivity index (χ0v) is 10.6. The van der Waals surface area contributed by atoms with Crippen LogP contribution in [0.15, 0.2) is 18.2 Å². The maximum atomic E-state index is 11.5. The molecule has 0 radical (unpaired) electrons. The topological polar surface area (TPSA) is 104 Å². The van der Waals surface area contributed by atoms with Gasteiger partial charge in [-0.25, -0.2) is 0 Å². The highest BCUT2D eigenvalue weighted by Crippen LogP contribution is 2.19. The van der Waals surface area contributed by atoms with E-state index in [-0.39, 0.29) is 17.8 Å². The van der Waals surface area contributed by atoms with Crippen molar-refractivity contribution in [1.82, 2.24) is 0 Å². The first-order valence-electron chi connectivity index (χ1n) is 5.66. The molecule has 0 saturated heterocycles. The summed E-state index contributed by atoms with van der Waals surface area (Å²) in [6.07, 6.45) is -0.185. The van der Waals surface area contributed by atoms with Crippen molar-refractivity contribution in [2.75, 3.05) is 5.32 Å². The first-order valence-corrected chi connectivity index (χ1v) is 5.66. The Bertz CT molecular complexity index is 524. The molecule has 3 N–H and O–H groups in total. The minimum absolute atomic E-state index is 0.185. The summed E-state index contributed by atoms with van der Waals surface area (Å²) in [6.45, 7) is 2.80. The van der Waals surface area contributed by atoms with Crippen molar-refractivity contribution in [3.8, 4) is 0 Å². The van der Waals surface area contributed by atoms with Crippen LogP contribution in [0.2, 0.25) is 0 Å². The normalized spacial score (nSPS) is 11.7. The van der Waals surface area contributed by atoms with Crippen LogP contribution in [-0.2, 0) is 16.0 Å². The molecule has 0 aliphatic carbocycles. The summed E-state index contributed by atoms with van der Waals surface area (Å²) in [4.78, 5) is 32.9. The quantitative estimate of drug-likeness (QED) is 0.672. The molecule has 0 heterocycles. The van der Waals surface area contributed by atoms with E-state index < -0.39 is 18.0 Å². The van der Waals surface area contributed by atoms with E-state index in [2.05, 4.69) is 5.32 Å². The van der Waals surface area contributed by atoms with E-state index in [0.717, 1.165) is 0 Å². The highest BCUT2D eigenvalue weighted by Gasteiger charge is 2.15. The number of benzene rings is 1. The lowest BCUT2D eigenvalue weighted by atomic mass is 10.0. The van der Waals surface area contributed by atoms with Gasteiger partial charge in [-0.3, -0.25) is 14.4 Å². The Morgan fingerprint density at radius 1 is 1.26 bits per heavy atom. The van der Waals surface area contributed by atoms with Crippen molar-refractivity contribution >= 4 is 23.4 Å². The molecule has 1 unspecified atom stereocenters. The summed E-state index contributed by atoms with van der Waals surface area (Å²) in [6, 6.07) is 3.70. The molecule has 1 aromatic rings. The largest absolute Gasteiger partial charge is 0.481 e. The molecule has 6 nitrogen and oxygen atoms in total. The predicted molar refractivity (Wildman–Crippen MR) is 68.5 cm³/mol. The van der Waals surface area contributed by atoms with Crippen molar-refractivity contribution in [3.63, 3.8) is 0 Å². The van der Waals surface area contributed by atoms with E-state index in [4.69, 9.17) is 10.2 Å². The van der Waals surface area contributed by atoms with Crippen molar-refractivity contribution in [2.24, 2.45) is 0 Å². The fraction of sp³-hybridized carbons (Fsp3) is 0.308. The summed E-state index contributed by atoms with van der Waals surface area (Å²) in [5.41, 5.74) is 1.16. The maximum absolute atomic E-state index is 11.5. The molecule has 1 aromatic carbocycles. The predicted octanol–water partition coefficient (Wildman–Crippen LogP) is 1.40.